The number of rotatable bonds is 2. The average molecular weight is 259 g/mol. The summed E-state index contributed by atoms with van der Waals surface area (Å²) in [5, 5.41) is 11.1. The van der Waals surface area contributed by atoms with Crippen LogP contribution in [0.1, 0.15) is 11.5 Å². The Hall–Kier alpha value is -2.05. The summed E-state index contributed by atoms with van der Waals surface area (Å²) in [5.41, 5.74) is -0.446. The van der Waals surface area contributed by atoms with E-state index in [0.29, 0.717) is 12.1 Å². The molecule has 1 saturated heterocycles. The number of amides is 1. The number of carbonyl (C=O) groups is 2. The number of carboxylic acid groups (broad SMARTS) is 1. The van der Waals surface area contributed by atoms with Crippen molar-refractivity contribution in [2.45, 2.75) is 5.92 Å². The fraction of sp³-hybridized carbons (Fsp3) is 0.273. The van der Waals surface area contributed by atoms with Crippen LogP contribution in [-0.4, -0.2) is 23.5 Å². The summed E-state index contributed by atoms with van der Waals surface area (Å²) >= 11 is 0. The molecule has 0 unspecified atom stereocenters. The standard InChI is InChI=1S/C11H8F3NO3/c12-4-1-5(9(14)7(13)2-4)6-3-15-10(16)8(6)11(17)18/h1-2,6,8H,3H2,(H,15,16)(H,17,18)/t6-,8+/m0/s1. The third kappa shape index (κ3) is 1.92. The molecule has 1 aromatic rings. The molecule has 0 aromatic heterocycles. The van der Waals surface area contributed by atoms with E-state index in [0.717, 1.165) is 0 Å². The summed E-state index contributed by atoms with van der Waals surface area (Å²) in [6.45, 7) is -0.171. The van der Waals surface area contributed by atoms with Gasteiger partial charge in [-0.15, -0.1) is 0 Å². The van der Waals surface area contributed by atoms with E-state index in [2.05, 4.69) is 5.32 Å². The van der Waals surface area contributed by atoms with Gasteiger partial charge in [-0.1, -0.05) is 0 Å². The van der Waals surface area contributed by atoms with Crippen LogP contribution >= 0.6 is 0 Å². The van der Waals surface area contributed by atoms with Gasteiger partial charge in [0, 0.05) is 24.1 Å². The topological polar surface area (TPSA) is 66.4 Å². The van der Waals surface area contributed by atoms with Gasteiger partial charge in [0.05, 0.1) is 0 Å². The van der Waals surface area contributed by atoms with Gasteiger partial charge >= 0.3 is 5.97 Å². The van der Waals surface area contributed by atoms with Gasteiger partial charge < -0.3 is 10.4 Å². The zero-order valence-electron chi connectivity index (χ0n) is 8.91. The molecule has 0 saturated carbocycles. The number of carboxylic acids is 1. The minimum Gasteiger partial charge on any atom is -0.481 e. The molecular formula is C11H8F3NO3. The molecule has 1 fully saturated rings. The molecule has 1 aromatic carbocycles. The van der Waals surface area contributed by atoms with Crippen LogP contribution in [0.25, 0.3) is 0 Å². The Balaban J connectivity index is 2.49. The Morgan fingerprint density at radius 1 is 1.33 bits per heavy atom. The monoisotopic (exact) mass is 259 g/mol. The predicted octanol–water partition coefficient (Wildman–Crippen LogP) is 1.02. The Kier molecular flexibility index (Phi) is 2.98. The third-order valence-electron chi connectivity index (χ3n) is 2.87. The first kappa shape index (κ1) is 12.4. The van der Waals surface area contributed by atoms with Gasteiger partial charge in [-0.2, -0.15) is 0 Å². The molecule has 96 valence electrons. The van der Waals surface area contributed by atoms with E-state index in [9.17, 15) is 22.8 Å². The van der Waals surface area contributed by atoms with Crippen molar-refractivity contribution in [3.8, 4) is 0 Å². The predicted molar refractivity (Wildman–Crippen MR) is 53.2 cm³/mol. The number of aliphatic carboxylic acids is 1. The van der Waals surface area contributed by atoms with E-state index in [1.807, 2.05) is 0 Å². The summed E-state index contributed by atoms with van der Waals surface area (Å²) in [5.74, 6) is -8.68. The number of nitrogens with one attached hydrogen (secondary N) is 1. The fourth-order valence-corrected chi connectivity index (χ4v) is 2.04. The van der Waals surface area contributed by atoms with Crippen molar-refractivity contribution in [3.63, 3.8) is 0 Å². The van der Waals surface area contributed by atoms with Crippen LogP contribution in [-0.2, 0) is 9.59 Å². The Labute approximate surface area is 99.4 Å². The van der Waals surface area contributed by atoms with Crippen LogP contribution in [0.5, 0.6) is 0 Å². The zero-order chi connectivity index (χ0) is 13.4. The molecule has 2 atom stereocenters. The average Bonchev–Trinajstić information content (AvgIpc) is 2.65. The van der Waals surface area contributed by atoms with Gasteiger partial charge in [-0.25, -0.2) is 13.2 Å². The number of carbonyl (C=O) groups excluding carboxylic acids is 1. The van der Waals surface area contributed by atoms with E-state index in [-0.39, 0.29) is 6.54 Å². The largest absolute Gasteiger partial charge is 0.481 e. The van der Waals surface area contributed by atoms with Gasteiger partial charge in [-0.3, -0.25) is 9.59 Å². The van der Waals surface area contributed by atoms with Gasteiger partial charge in [0.2, 0.25) is 5.91 Å². The molecule has 1 aliphatic heterocycles. The molecule has 4 nitrogen and oxygen atoms in total. The zero-order valence-corrected chi connectivity index (χ0v) is 8.91. The van der Waals surface area contributed by atoms with Crippen LogP contribution in [0.4, 0.5) is 13.2 Å². The fourth-order valence-electron chi connectivity index (χ4n) is 2.04. The van der Waals surface area contributed by atoms with Gasteiger partial charge in [0.25, 0.3) is 0 Å². The summed E-state index contributed by atoms with van der Waals surface area (Å²) in [6.07, 6.45) is 0. The second-order valence-electron chi connectivity index (χ2n) is 3.96. The van der Waals surface area contributed by atoms with E-state index >= 15 is 0 Å². The first-order chi connectivity index (χ1) is 8.41. The molecule has 1 aliphatic rings. The highest BCUT2D eigenvalue weighted by molar-refractivity contribution is 5.99. The number of halogens is 3. The van der Waals surface area contributed by atoms with Crippen molar-refractivity contribution in [2.24, 2.45) is 5.92 Å². The van der Waals surface area contributed by atoms with Crippen molar-refractivity contribution in [1.29, 1.82) is 0 Å². The SMILES string of the molecule is O=C(O)[C@H]1C(=O)NC[C@H]1c1cc(F)cc(F)c1F. The van der Waals surface area contributed by atoms with E-state index < -0.39 is 46.7 Å². The molecular weight excluding hydrogens is 251 g/mol. The van der Waals surface area contributed by atoms with Crippen LogP contribution in [0.15, 0.2) is 12.1 Å². The maximum absolute atomic E-state index is 13.5. The first-order valence-electron chi connectivity index (χ1n) is 5.06. The second-order valence-corrected chi connectivity index (χ2v) is 3.96. The highest BCUT2D eigenvalue weighted by Gasteiger charge is 2.42. The third-order valence-corrected chi connectivity index (χ3v) is 2.87. The molecule has 1 amide bonds. The van der Waals surface area contributed by atoms with E-state index in [1.165, 1.54) is 0 Å². The molecule has 18 heavy (non-hydrogen) atoms. The lowest BCUT2D eigenvalue weighted by molar-refractivity contribution is -0.145. The summed E-state index contributed by atoms with van der Waals surface area (Å²) in [6, 6.07) is 1.07. The normalized spacial score (nSPS) is 22.9. The molecule has 0 aliphatic carbocycles. The molecule has 0 bridgehead atoms. The van der Waals surface area contributed by atoms with Gasteiger partial charge in [0.15, 0.2) is 11.6 Å². The van der Waals surface area contributed by atoms with Crippen molar-refractivity contribution >= 4 is 11.9 Å². The van der Waals surface area contributed by atoms with Crippen molar-refractivity contribution in [1.82, 2.24) is 5.32 Å². The first-order valence-corrected chi connectivity index (χ1v) is 5.06. The summed E-state index contributed by atoms with van der Waals surface area (Å²) in [7, 11) is 0. The van der Waals surface area contributed by atoms with Crippen molar-refractivity contribution in [2.75, 3.05) is 6.54 Å². The van der Waals surface area contributed by atoms with Crippen LogP contribution in [0.2, 0.25) is 0 Å². The lowest BCUT2D eigenvalue weighted by Crippen LogP contribution is -2.27. The van der Waals surface area contributed by atoms with Crippen molar-refractivity contribution < 1.29 is 27.9 Å². The number of hydrogen-bond acceptors (Lipinski definition) is 2. The minimum atomic E-state index is -1.54. The molecule has 0 radical (unpaired) electrons. The van der Waals surface area contributed by atoms with E-state index in [4.69, 9.17) is 5.11 Å². The molecule has 2 N–H and O–H groups in total. The summed E-state index contributed by atoms with van der Waals surface area (Å²) < 4.78 is 39.6. The Morgan fingerprint density at radius 2 is 2.00 bits per heavy atom. The summed E-state index contributed by atoms with van der Waals surface area (Å²) in [4.78, 5) is 22.2. The van der Waals surface area contributed by atoms with Crippen molar-refractivity contribution in [3.05, 3.63) is 35.1 Å². The van der Waals surface area contributed by atoms with Gasteiger partial charge in [-0.05, 0) is 6.07 Å². The maximum Gasteiger partial charge on any atom is 0.316 e. The van der Waals surface area contributed by atoms with Crippen LogP contribution in [0, 0.1) is 23.4 Å². The highest BCUT2D eigenvalue weighted by Crippen LogP contribution is 2.32. The number of benzene rings is 1. The molecule has 7 heteroatoms. The number of hydrogen-bond donors (Lipinski definition) is 2. The smallest absolute Gasteiger partial charge is 0.316 e. The minimum absolute atomic E-state index is 0.171. The quantitative estimate of drug-likeness (QED) is 0.615. The van der Waals surface area contributed by atoms with E-state index in [1.54, 1.807) is 0 Å². The molecule has 2 rings (SSSR count). The Bertz CT molecular complexity index is 533. The highest BCUT2D eigenvalue weighted by atomic mass is 19.2. The van der Waals surface area contributed by atoms with Crippen LogP contribution in [0.3, 0.4) is 0 Å². The molecule has 0 spiro atoms. The Morgan fingerprint density at radius 3 is 2.61 bits per heavy atom. The second kappa shape index (κ2) is 4.32. The molecule has 1 heterocycles. The lowest BCUT2D eigenvalue weighted by Gasteiger charge is -2.14. The van der Waals surface area contributed by atoms with Gasteiger partial charge in [0.1, 0.15) is 11.7 Å². The maximum atomic E-state index is 13.5. The lowest BCUT2D eigenvalue weighted by atomic mass is 9.88. The van der Waals surface area contributed by atoms with Crippen LogP contribution < -0.4 is 5.32 Å².